The van der Waals surface area contributed by atoms with E-state index in [9.17, 15) is 4.79 Å². The van der Waals surface area contributed by atoms with E-state index >= 15 is 4.39 Å². The van der Waals surface area contributed by atoms with Crippen LogP contribution < -0.4 is 0 Å². The van der Waals surface area contributed by atoms with Crippen LogP contribution >= 0.6 is 0 Å². The van der Waals surface area contributed by atoms with Crippen LogP contribution in [-0.2, 0) is 4.74 Å². The number of carbonyl (C=O) groups excluding carboxylic acids is 1. The quantitative estimate of drug-likeness (QED) is 0.737. The number of nitrogens with zero attached hydrogens (tertiary/aromatic N) is 1. The summed E-state index contributed by atoms with van der Waals surface area (Å²) in [5, 5.41) is 0. The molecule has 1 amide bonds. The van der Waals surface area contributed by atoms with Gasteiger partial charge in [0.05, 0.1) is 6.04 Å². The lowest BCUT2D eigenvalue weighted by atomic mass is 9.91. The van der Waals surface area contributed by atoms with E-state index in [0.29, 0.717) is 18.5 Å². The van der Waals surface area contributed by atoms with Crippen molar-refractivity contribution in [2.75, 3.05) is 6.54 Å². The van der Waals surface area contributed by atoms with Crippen LogP contribution in [0.2, 0.25) is 0 Å². The van der Waals surface area contributed by atoms with Gasteiger partial charge in [-0.2, -0.15) is 0 Å². The van der Waals surface area contributed by atoms with E-state index < -0.39 is 17.7 Å². The highest BCUT2D eigenvalue weighted by atomic mass is 19.1. The third-order valence-corrected chi connectivity index (χ3v) is 4.30. The van der Waals surface area contributed by atoms with Gasteiger partial charge in [-0.3, -0.25) is 4.90 Å². The van der Waals surface area contributed by atoms with Gasteiger partial charge in [0, 0.05) is 12.1 Å². The molecule has 0 bridgehead atoms. The molecule has 2 aromatic rings. The Labute approximate surface area is 154 Å². The zero-order valence-electron chi connectivity index (χ0n) is 15.4. The first kappa shape index (κ1) is 18.2. The summed E-state index contributed by atoms with van der Waals surface area (Å²) in [6.07, 6.45) is 0.123. The molecule has 1 aliphatic heterocycles. The van der Waals surface area contributed by atoms with Crippen LogP contribution in [-0.4, -0.2) is 29.2 Å². The number of rotatable bonds is 3. The lowest BCUT2D eigenvalue weighted by Gasteiger charge is -2.41. The zero-order valence-corrected chi connectivity index (χ0v) is 15.4. The van der Waals surface area contributed by atoms with Crippen molar-refractivity contribution in [2.24, 2.45) is 0 Å². The zero-order chi connectivity index (χ0) is 18.7. The van der Waals surface area contributed by atoms with Gasteiger partial charge in [-0.1, -0.05) is 60.7 Å². The van der Waals surface area contributed by atoms with Gasteiger partial charge in [0.25, 0.3) is 0 Å². The van der Waals surface area contributed by atoms with Gasteiger partial charge in [-0.25, -0.2) is 9.18 Å². The monoisotopic (exact) mass is 353 g/mol. The van der Waals surface area contributed by atoms with E-state index in [0.717, 1.165) is 11.1 Å². The van der Waals surface area contributed by atoms with Crippen molar-refractivity contribution in [1.82, 2.24) is 4.90 Å². The molecule has 1 saturated heterocycles. The molecule has 1 atom stereocenters. The minimum atomic E-state index is -0.598. The van der Waals surface area contributed by atoms with E-state index in [-0.39, 0.29) is 5.83 Å². The topological polar surface area (TPSA) is 29.5 Å². The summed E-state index contributed by atoms with van der Waals surface area (Å²) in [6.45, 7) is 5.94. The highest BCUT2D eigenvalue weighted by Gasteiger charge is 2.39. The molecule has 1 heterocycles. The highest BCUT2D eigenvalue weighted by Crippen LogP contribution is 2.35. The van der Waals surface area contributed by atoms with Crippen LogP contribution in [0, 0.1) is 0 Å². The van der Waals surface area contributed by atoms with Crippen LogP contribution in [0.1, 0.15) is 38.3 Å². The van der Waals surface area contributed by atoms with Gasteiger partial charge in [-0.15, -0.1) is 0 Å². The summed E-state index contributed by atoms with van der Waals surface area (Å²) in [6, 6.07) is 18.3. The van der Waals surface area contributed by atoms with Crippen molar-refractivity contribution in [2.45, 2.75) is 38.8 Å². The number of carbonyl (C=O) groups is 1. The Bertz CT molecular complexity index is 752. The maximum atomic E-state index is 15.6. The van der Waals surface area contributed by atoms with E-state index in [1.165, 1.54) is 4.90 Å². The maximum absolute atomic E-state index is 15.6. The Kier molecular flexibility index (Phi) is 5.12. The average molecular weight is 353 g/mol. The lowest BCUT2D eigenvalue weighted by molar-refractivity contribution is -0.00211. The standard InChI is InChI=1S/C22H24FNO2/c1-22(2,3)26-21(25)24-15-14-18(24)20(23)19(16-10-6-4-7-11-16)17-12-8-5-9-13-17/h4-13,18H,14-15H2,1-3H3. The number of amides is 1. The van der Waals surface area contributed by atoms with Gasteiger partial charge < -0.3 is 4.74 Å². The second kappa shape index (κ2) is 7.32. The fourth-order valence-corrected chi connectivity index (χ4v) is 3.01. The van der Waals surface area contributed by atoms with Crippen molar-refractivity contribution in [3.63, 3.8) is 0 Å². The number of hydrogen-bond acceptors (Lipinski definition) is 2. The minimum Gasteiger partial charge on any atom is -0.444 e. The third-order valence-electron chi connectivity index (χ3n) is 4.30. The van der Waals surface area contributed by atoms with Crippen LogP contribution in [0.15, 0.2) is 66.5 Å². The number of hydrogen-bond donors (Lipinski definition) is 0. The van der Waals surface area contributed by atoms with Crippen molar-refractivity contribution in [3.05, 3.63) is 77.6 Å². The van der Waals surface area contributed by atoms with Crippen LogP contribution in [0.25, 0.3) is 5.57 Å². The molecule has 0 saturated carbocycles. The van der Waals surface area contributed by atoms with Gasteiger partial charge in [-0.05, 0) is 38.3 Å². The van der Waals surface area contributed by atoms with E-state index in [2.05, 4.69) is 0 Å². The molecule has 0 aromatic heterocycles. The number of ether oxygens (including phenoxy) is 1. The molecule has 2 aromatic carbocycles. The van der Waals surface area contributed by atoms with Crippen LogP contribution in [0.5, 0.6) is 0 Å². The van der Waals surface area contributed by atoms with E-state index in [4.69, 9.17) is 4.74 Å². The van der Waals surface area contributed by atoms with Gasteiger partial charge in [0.2, 0.25) is 0 Å². The largest absolute Gasteiger partial charge is 0.444 e. The summed E-state index contributed by atoms with van der Waals surface area (Å²) in [4.78, 5) is 13.8. The Hall–Kier alpha value is -2.62. The molecule has 1 aliphatic rings. The second-order valence-corrected chi connectivity index (χ2v) is 7.43. The van der Waals surface area contributed by atoms with Gasteiger partial charge >= 0.3 is 6.09 Å². The molecule has 1 fully saturated rings. The molecular weight excluding hydrogens is 329 g/mol. The molecule has 1 unspecified atom stereocenters. The Morgan fingerprint density at radius 3 is 1.88 bits per heavy atom. The lowest BCUT2D eigenvalue weighted by Crippen LogP contribution is -2.53. The van der Waals surface area contributed by atoms with Crippen molar-refractivity contribution in [3.8, 4) is 0 Å². The first-order valence-corrected chi connectivity index (χ1v) is 8.87. The maximum Gasteiger partial charge on any atom is 0.410 e. The summed E-state index contributed by atoms with van der Waals surface area (Å²) in [7, 11) is 0. The van der Waals surface area contributed by atoms with Gasteiger partial charge in [0.1, 0.15) is 11.4 Å². The Balaban J connectivity index is 1.97. The van der Waals surface area contributed by atoms with Crippen LogP contribution in [0.3, 0.4) is 0 Å². The fraction of sp³-hybridized carbons (Fsp3) is 0.318. The number of benzene rings is 2. The molecule has 3 rings (SSSR count). The number of likely N-dealkylation sites (tertiary alicyclic amines) is 1. The highest BCUT2D eigenvalue weighted by molar-refractivity contribution is 5.82. The molecule has 136 valence electrons. The Morgan fingerprint density at radius 2 is 1.50 bits per heavy atom. The summed E-state index contributed by atoms with van der Waals surface area (Å²) >= 11 is 0. The predicted molar refractivity (Wildman–Crippen MR) is 101 cm³/mol. The van der Waals surface area contributed by atoms with Crippen molar-refractivity contribution >= 4 is 11.7 Å². The summed E-state index contributed by atoms with van der Waals surface area (Å²) in [5.74, 6) is -0.292. The molecule has 0 radical (unpaired) electrons. The molecule has 0 N–H and O–H groups in total. The van der Waals surface area contributed by atoms with Gasteiger partial charge in [0.15, 0.2) is 0 Å². The number of halogens is 1. The first-order chi connectivity index (χ1) is 12.4. The average Bonchev–Trinajstić information content (AvgIpc) is 2.54. The Morgan fingerprint density at radius 1 is 1.00 bits per heavy atom. The normalized spacial score (nSPS) is 16.6. The van der Waals surface area contributed by atoms with Crippen molar-refractivity contribution in [1.29, 1.82) is 0 Å². The molecule has 4 heteroatoms. The molecule has 3 nitrogen and oxygen atoms in total. The smallest absolute Gasteiger partial charge is 0.410 e. The van der Waals surface area contributed by atoms with Crippen LogP contribution in [0.4, 0.5) is 9.18 Å². The first-order valence-electron chi connectivity index (χ1n) is 8.87. The molecule has 26 heavy (non-hydrogen) atoms. The molecular formula is C22H24FNO2. The molecule has 0 spiro atoms. The second-order valence-electron chi connectivity index (χ2n) is 7.43. The summed E-state index contributed by atoms with van der Waals surface area (Å²) in [5.41, 5.74) is 1.53. The minimum absolute atomic E-state index is 0.292. The van der Waals surface area contributed by atoms with E-state index in [1.54, 1.807) is 0 Å². The SMILES string of the molecule is CC(C)(C)OC(=O)N1CCC1C(F)=C(c1ccccc1)c1ccccc1. The fourth-order valence-electron chi connectivity index (χ4n) is 3.01. The molecule has 0 aliphatic carbocycles. The third kappa shape index (κ3) is 3.96. The summed E-state index contributed by atoms with van der Waals surface area (Å²) < 4.78 is 21.0. The predicted octanol–water partition coefficient (Wildman–Crippen LogP) is 5.42. The van der Waals surface area contributed by atoms with E-state index in [1.807, 2.05) is 81.4 Å². The van der Waals surface area contributed by atoms with Crippen molar-refractivity contribution < 1.29 is 13.9 Å².